The topological polar surface area (TPSA) is 26.3 Å². The zero-order valence-corrected chi connectivity index (χ0v) is 12.5. The zero-order chi connectivity index (χ0) is 14.0. The van der Waals surface area contributed by atoms with Gasteiger partial charge in [-0.05, 0) is 41.4 Å². The van der Waals surface area contributed by atoms with Crippen LogP contribution in [0.2, 0.25) is 0 Å². The molecule has 0 amide bonds. The lowest BCUT2D eigenvalue weighted by atomic mass is 9.70. The number of carbonyl (C=O) groups excluding carboxylic acids is 1. The van der Waals surface area contributed by atoms with Crippen molar-refractivity contribution >= 4 is 5.78 Å². The Kier molecular flexibility index (Phi) is 3.98. The van der Waals surface area contributed by atoms with Crippen LogP contribution >= 0.6 is 0 Å². The van der Waals surface area contributed by atoms with Crippen LogP contribution in [-0.2, 0) is 10.2 Å². The maximum Gasteiger partial charge on any atom is 0.133 e. The summed E-state index contributed by atoms with van der Waals surface area (Å²) in [4.78, 5) is 11.8. The number of carbonyl (C=O) groups is 1. The highest BCUT2D eigenvalue weighted by Crippen LogP contribution is 2.40. The molecule has 0 heterocycles. The summed E-state index contributed by atoms with van der Waals surface area (Å²) in [6.07, 6.45) is 3.50. The van der Waals surface area contributed by atoms with Gasteiger partial charge in [-0.15, -0.1) is 0 Å². The fraction of sp³-hybridized carbons (Fsp3) is 0.588. The number of benzene rings is 1. The number of hydrogen-bond acceptors (Lipinski definition) is 2. The summed E-state index contributed by atoms with van der Waals surface area (Å²) in [5, 5.41) is 0. The Morgan fingerprint density at radius 3 is 2.63 bits per heavy atom. The highest BCUT2D eigenvalue weighted by molar-refractivity contribution is 5.80. The van der Waals surface area contributed by atoms with E-state index in [-0.39, 0.29) is 5.41 Å². The van der Waals surface area contributed by atoms with Crippen molar-refractivity contribution in [2.45, 2.75) is 57.8 Å². The van der Waals surface area contributed by atoms with Gasteiger partial charge in [0.1, 0.15) is 11.5 Å². The summed E-state index contributed by atoms with van der Waals surface area (Å²) in [6, 6.07) is 6.47. The molecule has 19 heavy (non-hydrogen) atoms. The lowest BCUT2D eigenvalue weighted by molar-refractivity contribution is -0.121. The summed E-state index contributed by atoms with van der Waals surface area (Å²) >= 11 is 0. The first-order valence-corrected chi connectivity index (χ1v) is 7.16. The van der Waals surface area contributed by atoms with Crippen LogP contribution in [0.25, 0.3) is 0 Å². The fourth-order valence-electron chi connectivity index (χ4n) is 3.10. The summed E-state index contributed by atoms with van der Waals surface area (Å²) in [6.45, 7) is 6.54. The lowest BCUT2D eigenvalue weighted by Gasteiger charge is -2.33. The van der Waals surface area contributed by atoms with E-state index in [2.05, 4.69) is 39.0 Å². The second-order valence-corrected chi connectivity index (χ2v) is 6.24. The van der Waals surface area contributed by atoms with Crippen molar-refractivity contribution in [2.75, 3.05) is 7.11 Å². The maximum atomic E-state index is 11.8. The van der Waals surface area contributed by atoms with E-state index in [1.54, 1.807) is 7.11 Å². The molecular weight excluding hydrogens is 236 g/mol. The first kappa shape index (κ1) is 14.1. The van der Waals surface area contributed by atoms with E-state index in [9.17, 15) is 4.79 Å². The third-order valence-corrected chi connectivity index (χ3v) is 4.32. The summed E-state index contributed by atoms with van der Waals surface area (Å²) in [7, 11) is 1.72. The van der Waals surface area contributed by atoms with Crippen LogP contribution in [0, 0.1) is 0 Å². The molecule has 1 aliphatic rings. The molecule has 1 atom stereocenters. The molecule has 0 aliphatic heterocycles. The first-order chi connectivity index (χ1) is 8.96. The molecule has 104 valence electrons. The second kappa shape index (κ2) is 5.36. The molecule has 2 nitrogen and oxygen atoms in total. The Bertz CT molecular complexity index is 476. The quantitative estimate of drug-likeness (QED) is 0.813. The van der Waals surface area contributed by atoms with Crippen molar-refractivity contribution in [3.63, 3.8) is 0 Å². The average molecular weight is 260 g/mol. The molecule has 0 unspecified atom stereocenters. The third kappa shape index (κ3) is 2.83. The number of methoxy groups -OCH3 is 1. The van der Waals surface area contributed by atoms with Crippen molar-refractivity contribution in [3.05, 3.63) is 29.3 Å². The van der Waals surface area contributed by atoms with Crippen molar-refractivity contribution in [3.8, 4) is 5.75 Å². The average Bonchev–Trinajstić information content (AvgIpc) is 2.37. The van der Waals surface area contributed by atoms with Crippen molar-refractivity contribution in [1.82, 2.24) is 0 Å². The Hall–Kier alpha value is -1.31. The van der Waals surface area contributed by atoms with Crippen LogP contribution in [0.4, 0.5) is 0 Å². The van der Waals surface area contributed by atoms with Crippen LogP contribution in [-0.4, -0.2) is 12.9 Å². The van der Waals surface area contributed by atoms with E-state index in [0.717, 1.165) is 25.0 Å². The van der Waals surface area contributed by atoms with E-state index in [0.29, 0.717) is 18.1 Å². The van der Waals surface area contributed by atoms with Gasteiger partial charge in [0.25, 0.3) is 0 Å². The molecule has 0 radical (unpaired) electrons. The van der Waals surface area contributed by atoms with Gasteiger partial charge in [-0.1, -0.05) is 32.9 Å². The summed E-state index contributed by atoms with van der Waals surface area (Å²) in [5.74, 6) is 1.79. The van der Waals surface area contributed by atoms with E-state index in [1.165, 1.54) is 11.1 Å². The Morgan fingerprint density at radius 2 is 2.05 bits per heavy atom. The predicted octanol–water partition coefficient (Wildman–Crippen LogP) is 4.22. The highest BCUT2D eigenvalue weighted by atomic mass is 16.5. The second-order valence-electron chi connectivity index (χ2n) is 6.24. The van der Waals surface area contributed by atoms with Crippen LogP contribution in [0.5, 0.6) is 5.75 Å². The van der Waals surface area contributed by atoms with E-state index < -0.39 is 0 Å². The normalized spacial score (nSPS) is 23.7. The Balaban J connectivity index is 2.37. The lowest BCUT2D eigenvalue weighted by Crippen LogP contribution is -2.30. The number of Topliss-reactive ketones (excluding diaryl/α,β-unsaturated/α-hetero) is 1. The van der Waals surface area contributed by atoms with E-state index >= 15 is 0 Å². The monoisotopic (exact) mass is 260 g/mol. The number of ether oxygens (including phenoxy) is 1. The van der Waals surface area contributed by atoms with Gasteiger partial charge < -0.3 is 4.74 Å². The minimum Gasteiger partial charge on any atom is -0.496 e. The molecule has 0 aromatic heterocycles. The summed E-state index contributed by atoms with van der Waals surface area (Å²) in [5.41, 5.74) is 2.46. The molecule has 1 aliphatic carbocycles. The molecule has 1 aromatic rings. The standard InChI is InChI=1S/C17H24O2/c1-12(2)15-8-7-13(10-16(15)19-4)17(3)9-5-6-14(18)11-17/h7-8,10,12H,5-6,9,11H2,1-4H3/t17-/m1/s1. The molecule has 1 saturated carbocycles. The van der Waals surface area contributed by atoms with Gasteiger partial charge in [-0.25, -0.2) is 0 Å². The van der Waals surface area contributed by atoms with Crippen molar-refractivity contribution in [1.29, 1.82) is 0 Å². The van der Waals surface area contributed by atoms with Gasteiger partial charge in [0.15, 0.2) is 0 Å². The van der Waals surface area contributed by atoms with Gasteiger partial charge in [-0.3, -0.25) is 4.79 Å². The van der Waals surface area contributed by atoms with Crippen molar-refractivity contribution in [2.24, 2.45) is 0 Å². The molecule has 0 bridgehead atoms. The van der Waals surface area contributed by atoms with Gasteiger partial charge >= 0.3 is 0 Å². The van der Waals surface area contributed by atoms with Gasteiger partial charge in [-0.2, -0.15) is 0 Å². The highest BCUT2D eigenvalue weighted by Gasteiger charge is 2.33. The molecule has 0 spiro atoms. The SMILES string of the molecule is COc1cc([C@]2(C)CCCC(=O)C2)ccc1C(C)C. The molecule has 2 heteroatoms. The number of rotatable bonds is 3. The maximum absolute atomic E-state index is 11.8. The zero-order valence-electron chi connectivity index (χ0n) is 12.5. The third-order valence-electron chi connectivity index (χ3n) is 4.32. The van der Waals surface area contributed by atoms with E-state index in [4.69, 9.17) is 4.74 Å². The van der Waals surface area contributed by atoms with Gasteiger partial charge in [0, 0.05) is 12.8 Å². The van der Waals surface area contributed by atoms with Gasteiger partial charge in [0.05, 0.1) is 7.11 Å². The Morgan fingerprint density at radius 1 is 1.32 bits per heavy atom. The molecular formula is C17H24O2. The molecule has 2 rings (SSSR count). The van der Waals surface area contributed by atoms with Gasteiger partial charge in [0.2, 0.25) is 0 Å². The minimum absolute atomic E-state index is 0.0158. The van der Waals surface area contributed by atoms with Crippen LogP contribution in [0.1, 0.15) is 63.5 Å². The fourth-order valence-corrected chi connectivity index (χ4v) is 3.10. The number of hydrogen-bond donors (Lipinski definition) is 0. The number of ketones is 1. The largest absolute Gasteiger partial charge is 0.496 e. The van der Waals surface area contributed by atoms with Crippen LogP contribution in [0.15, 0.2) is 18.2 Å². The smallest absolute Gasteiger partial charge is 0.133 e. The molecule has 1 aromatic carbocycles. The Labute approximate surface area is 116 Å². The first-order valence-electron chi connectivity index (χ1n) is 7.16. The minimum atomic E-state index is -0.0158. The predicted molar refractivity (Wildman–Crippen MR) is 77.9 cm³/mol. The summed E-state index contributed by atoms with van der Waals surface area (Å²) < 4.78 is 5.53. The molecule has 1 fully saturated rings. The van der Waals surface area contributed by atoms with Crippen LogP contribution < -0.4 is 4.74 Å². The van der Waals surface area contributed by atoms with Crippen molar-refractivity contribution < 1.29 is 9.53 Å². The van der Waals surface area contributed by atoms with Crippen LogP contribution in [0.3, 0.4) is 0 Å². The van der Waals surface area contributed by atoms with E-state index in [1.807, 2.05) is 0 Å². The molecule has 0 saturated heterocycles. The molecule has 0 N–H and O–H groups in total.